The summed E-state index contributed by atoms with van der Waals surface area (Å²) in [6.45, 7) is 0.685. The molecule has 0 bridgehead atoms. The zero-order chi connectivity index (χ0) is 15.5. The van der Waals surface area contributed by atoms with Crippen LogP contribution in [0.1, 0.15) is 18.4 Å². The highest BCUT2D eigenvalue weighted by atomic mass is 35.5. The molecule has 5 heteroatoms. The second-order valence-electron chi connectivity index (χ2n) is 5.26. The molecule has 0 aromatic heterocycles. The number of nitrogens with zero attached hydrogens (tertiary/aromatic N) is 1. The summed E-state index contributed by atoms with van der Waals surface area (Å²) in [4.78, 5) is 14.5. The fraction of sp³-hybridized carbons (Fsp3) is 0.235. The Balaban J connectivity index is 1.89. The third kappa shape index (κ3) is 3.06. The van der Waals surface area contributed by atoms with E-state index in [4.69, 9.17) is 23.2 Å². The molecule has 1 heterocycles. The van der Waals surface area contributed by atoms with Crippen LogP contribution in [0, 0.1) is 0 Å². The first-order valence-electron chi connectivity index (χ1n) is 7.27. The maximum absolute atomic E-state index is 12.7. The van der Waals surface area contributed by atoms with E-state index in [0.29, 0.717) is 22.3 Å². The Kier molecular flexibility index (Phi) is 4.55. The van der Waals surface area contributed by atoms with Gasteiger partial charge in [-0.25, -0.2) is 4.79 Å². The van der Waals surface area contributed by atoms with Gasteiger partial charge in [0.25, 0.3) is 0 Å². The Morgan fingerprint density at radius 2 is 1.73 bits per heavy atom. The van der Waals surface area contributed by atoms with Crippen LogP contribution in [0.15, 0.2) is 42.5 Å². The molecule has 3 nitrogen and oxygen atoms in total. The van der Waals surface area contributed by atoms with Crippen molar-refractivity contribution >= 4 is 40.6 Å². The van der Waals surface area contributed by atoms with Gasteiger partial charge < -0.3 is 5.32 Å². The molecule has 0 aliphatic carbocycles. The predicted molar refractivity (Wildman–Crippen MR) is 92.2 cm³/mol. The minimum Gasteiger partial charge on any atom is -0.305 e. The third-order valence-electron chi connectivity index (χ3n) is 3.80. The molecule has 0 saturated carbocycles. The lowest BCUT2D eigenvalue weighted by Crippen LogP contribution is -2.35. The lowest BCUT2D eigenvalue weighted by molar-refractivity contribution is 0.257. The number of benzene rings is 2. The van der Waals surface area contributed by atoms with Crippen LogP contribution in [0.5, 0.6) is 0 Å². The third-order valence-corrected chi connectivity index (χ3v) is 4.43. The summed E-state index contributed by atoms with van der Waals surface area (Å²) in [5.41, 5.74) is 2.61. The number of amides is 2. The van der Waals surface area contributed by atoms with Gasteiger partial charge >= 0.3 is 6.03 Å². The lowest BCUT2D eigenvalue weighted by atomic mass is 10.1. The molecule has 0 unspecified atom stereocenters. The number of anilines is 2. The molecule has 3 rings (SSSR count). The number of para-hydroxylation sites is 2. The molecule has 0 fully saturated rings. The highest BCUT2D eigenvalue weighted by molar-refractivity contribution is 6.39. The predicted octanol–water partition coefficient (Wildman–Crippen LogP) is 5.37. The van der Waals surface area contributed by atoms with E-state index in [2.05, 4.69) is 11.4 Å². The van der Waals surface area contributed by atoms with Gasteiger partial charge in [-0.15, -0.1) is 0 Å². The molecule has 0 radical (unpaired) electrons. The maximum atomic E-state index is 12.7. The normalized spacial score (nSPS) is 14.2. The molecular weight excluding hydrogens is 319 g/mol. The van der Waals surface area contributed by atoms with Crippen LogP contribution < -0.4 is 10.2 Å². The number of urea groups is 1. The van der Waals surface area contributed by atoms with Crippen molar-refractivity contribution in [1.29, 1.82) is 0 Å². The smallest absolute Gasteiger partial charge is 0.305 e. The first kappa shape index (κ1) is 15.2. The zero-order valence-electron chi connectivity index (χ0n) is 12.0. The highest BCUT2D eigenvalue weighted by Gasteiger charge is 2.22. The first-order chi connectivity index (χ1) is 10.7. The maximum Gasteiger partial charge on any atom is 0.326 e. The van der Waals surface area contributed by atoms with Gasteiger partial charge in [0.05, 0.1) is 15.7 Å². The lowest BCUT2D eigenvalue weighted by Gasteiger charge is -2.23. The average Bonchev–Trinajstić information content (AvgIpc) is 2.73. The molecule has 114 valence electrons. The Labute approximate surface area is 139 Å². The van der Waals surface area contributed by atoms with Crippen LogP contribution in [0.2, 0.25) is 10.0 Å². The van der Waals surface area contributed by atoms with Crippen LogP contribution in [0.4, 0.5) is 16.2 Å². The van der Waals surface area contributed by atoms with E-state index in [1.807, 2.05) is 18.2 Å². The van der Waals surface area contributed by atoms with Crippen LogP contribution in [-0.2, 0) is 6.42 Å². The number of nitrogens with one attached hydrogen (secondary N) is 1. The summed E-state index contributed by atoms with van der Waals surface area (Å²) < 4.78 is 0. The number of hydrogen-bond acceptors (Lipinski definition) is 1. The van der Waals surface area contributed by atoms with Gasteiger partial charge in [-0.05, 0) is 43.0 Å². The van der Waals surface area contributed by atoms with Crippen LogP contribution in [0.3, 0.4) is 0 Å². The minimum atomic E-state index is -0.204. The van der Waals surface area contributed by atoms with Crippen molar-refractivity contribution in [2.75, 3.05) is 16.8 Å². The molecule has 2 amide bonds. The van der Waals surface area contributed by atoms with E-state index in [1.165, 1.54) is 5.56 Å². The summed E-state index contributed by atoms with van der Waals surface area (Å²) in [5.74, 6) is 0. The monoisotopic (exact) mass is 334 g/mol. The van der Waals surface area contributed by atoms with E-state index in [9.17, 15) is 4.79 Å². The number of halogens is 2. The van der Waals surface area contributed by atoms with Crippen molar-refractivity contribution in [3.05, 3.63) is 58.1 Å². The van der Waals surface area contributed by atoms with Gasteiger partial charge in [0.1, 0.15) is 0 Å². The van der Waals surface area contributed by atoms with Crippen LogP contribution in [-0.4, -0.2) is 12.6 Å². The molecule has 0 spiro atoms. The van der Waals surface area contributed by atoms with Crippen molar-refractivity contribution < 1.29 is 4.79 Å². The van der Waals surface area contributed by atoms with Crippen molar-refractivity contribution in [2.24, 2.45) is 0 Å². The Bertz CT molecular complexity index is 683. The van der Waals surface area contributed by atoms with Gasteiger partial charge in [-0.3, -0.25) is 4.90 Å². The van der Waals surface area contributed by atoms with Crippen molar-refractivity contribution in [2.45, 2.75) is 19.3 Å². The van der Waals surface area contributed by atoms with E-state index < -0.39 is 0 Å². The fourth-order valence-corrected chi connectivity index (χ4v) is 3.19. The number of hydrogen-bond donors (Lipinski definition) is 1. The first-order valence-corrected chi connectivity index (χ1v) is 8.03. The van der Waals surface area contributed by atoms with Gasteiger partial charge in [0, 0.05) is 12.2 Å². The molecule has 2 aromatic carbocycles. The average molecular weight is 335 g/mol. The number of fused-ring (bicyclic) bond motifs is 1. The summed E-state index contributed by atoms with van der Waals surface area (Å²) in [7, 11) is 0. The Morgan fingerprint density at radius 3 is 2.50 bits per heavy atom. The van der Waals surface area contributed by atoms with Gasteiger partial charge in [0.2, 0.25) is 0 Å². The Morgan fingerprint density at radius 1 is 1.00 bits per heavy atom. The van der Waals surface area contributed by atoms with Crippen molar-refractivity contribution in [3.63, 3.8) is 0 Å². The molecule has 1 aliphatic heterocycles. The number of rotatable bonds is 1. The van der Waals surface area contributed by atoms with E-state index in [0.717, 1.165) is 24.9 Å². The van der Waals surface area contributed by atoms with Gasteiger partial charge in [-0.1, -0.05) is 47.5 Å². The summed E-state index contributed by atoms with van der Waals surface area (Å²) in [6, 6.07) is 13.0. The molecule has 0 atom stereocenters. The molecule has 22 heavy (non-hydrogen) atoms. The molecule has 1 aliphatic rings. The summed E-state index contributed by atoms with van der Waals surface area (Å²) in [6.07, 6.45) is 3.04. The van der Waals surface area contributed by atoms with Gasteiger partial charge in [0.15, 0.2) is 0 Å². The number of carbonyl (C=O) groups is 1. The number of aryl methyl sites for hydroxylation is 1. The van der Waals surface area contributed by atoms with Crippen molar-refractivity contribution in [1.82, 2.24) is 0 Å². The largest absolute Gasteiger partial charge is 0.326 e. The van der Waals surface area contributed by atoms with Crippen molar-refractivity contribution in [3.8, 4) is 0 Å². The van der Waals surface area contributed by atoms with E-state index >= 15 is 0 Å². The molecule has 0 saturated heterocycles. The topological polar surface area (TPSA) is 32.3 Å². The second kappa shape index (κ2) is 6.59. The SMILES string of the molecule is O=C(Nc1c(Cl)cccc1Cl)N1CCCCc2ccccc21. The van der Waals surface area contributed by atoms with E-state index in [1.54, 1.807) is 23.1 Å². The summed E-state index contributed by atoms with van der Waals surface area (Å²) >= 11 is 12.3. The standard InChI is InChI=1S/C17H16Cl2N2O/c18-13-8-5-9-14(19)16(13)20-17(22)21-11-4-3-7-12-6-1-2-10-15(12)21/h1-2,5-6,8-10H,3-4,7,11H2,(H,20,22). The Hall–Kier alpha value is -1.71. The molecular formula is C17H16Cl2N2O. The highest BCUT2D eigenvalue weighted by Crippen LogP contribution is 2.31. The molecule has 2 aromatic rings. The molecule has 1 N–H and O–H groups in total. The quantitative estimate of drug-likeness (QED) is 0.747. The number of carbonyl (C=O) groups excluding carboxylic acids is 1. The van der Waals surface area contributed by atoms with E-state index in [-0.39, 0.29) is 6.03 Å². The van der Waals surface area contributed by atoms with Gasteiger partial charge in [-0.2, -0.15) is 0 Å². The zero-order valence-corrected chi connectivity index (χ0v) is 13.5. The van der Waals surface area contributed by atoms with Crippen LogP contribution in [0.25, 0.3) is 0 Å². The second-order valence-corrected chi connectivity index (χ2v) is 6.08. The minimum absolute atomic E-state index is 0.204. The van der Waals surface area contributed by atoms with Crippen LogP contribution >= 0.6 is 23.2 Å². The fourth-order valence-electron chi connectivity index (χ4n) is 2.69. The summed E-state index contributed by atoms with van der Waals surface area (Å²) in [5, 5.41) is 3.71.